The number of hydrogen-bond acceptors (Lipinski definition) is 3. The molecule has 1 unspecified atom stereocenters. The maximum absolute atomic E-state index is 10.1. The number of allylic oxidation sites excluding steroid dienone is 1. The van der Waals surface area contributed by atoms with Gasteiger partial charge in [-0.15, -0.1) is 13.2 Å². The summed E-state index contributed by atoms with van der Waals surface area (Å²) in [6.45, 7) is 11.5. The number of benzene rings is 1. The number of aliphatic hydroxyl groups excluding tert-OH is 1. The van der Waals surface area contributed by atoms with Crippen LogP contribution in [-0.2, 0) is 0 Å². The number of fused-ring (bicyclic) bond motifs is 1. The van der Waals surface area contributed by atoms with E-state index in [-0.39, 0.29) is 0 Å². The molecule has 1 aliphatic heterocycles. The quantitative estimate of drug-likeness (QED) is 0.709. The second kappa shape index (κ2) is 5.85. The fourth-order valence-electron chi connectivity index (χ4n) is 1.83. The van der Waals surface area contributed by atoms with Crippen LogP contribution in [0.5, 0.6) is 5.75 Å². The molecule has 1 heterocycles. The molecule has 0 spiro atoms. The highest BCUT2D eigenvalue weighted by Gasteiger charge is 2.28. The van der Waals surface area contributed by atoms with Crippen molar-refractivity contribution in [2.75, 3.05) is 0 Å². The molecule has 0 fully saturated rings. The molecule has 0 amide bonds. The van der Waals surface area contributed by atoms with E-state index < -0.39 is 6.10 Å². The van der Waals surface area contributed by atoms with Gasteiger partial charge in [0.2, 0.25) is 0 Å². The number of ether oxygens (including phenoxy) is 1. The van der Waals surface area contributed by atoms with Crippen LogP contribution in [-0.4, -0.2) is 5.11 Å². The van der Waals surface area contributed by atoms with Crippen LogP contribution in [0.15, 0.2) is 55.3 Å². The van der Waals surface area contributed by atoms with Gasteiger partial charge in [-0.2, -0.15) is 5.26 Å². The SMILES string of the molecule is C=C.C=C1Oc2cccc(C#N)c2C(O)/C1=C/C. The first kappa shape index (κ1) is 13.8. The molecule has 92 valence electrons. The van der Waals surface area contributed by atoms with Crippen molar-refractivity contribution in [2.45, 2.75) is 13.0 Å². The maximum atomic E-state index is 10.1. The average Bonchev–Trinajstić information content (AvgIpc) is 2.40. The third kappa shape index (κ3) is 2.20. The molecule has 0 bridgehead atoms. The first-order valence-corrected chi connectivity index (χ1v) is 5.43. The van der Waals surface area contributed by atoms with E-state index in [0.29, 0.717) is 28.2 Å². The minimum atomic E-state index is -0.836. The Morgan fingerprint density at radius 3 is 2.67 bits per heavy atom. The Bertz CT molecular complexity index is 538. The Labute approximate surface area is 107 Å². The van der Waals surface area contributed by atoms with Gasteiger partial charge >= 0.3 is 0 Å². The van der Waals surface area contributed by atoms with Crippen molar-refractivity contribution in [3.8, 4) is 11.8 Å². The second-order valence-corrected chi connectivity index (χ2v) is 3.50. The Kier molecular flexibility index (Phi) is 4.47. The van der Waals surface area contributed by atoms with Gasteiger partial charge in [-0.05, 0) is 19.1 Å². The van der Waals surface area contributed by atoms with Crippen LogP contribution >= 0.6 is 0 Å². The first-order chi connectivity index (χ1) is 8.69. The zero-order valence-corrected chi connectivity index (χ0v) is 10.3. The molecule has 0 saturated heterocycles. The molecule has 1 aliphatic rings. The molecule has 0 radical (unpaired) electrons. The van der Waals surface area contributed by atoms with Crippen molar-refractivity contribution in [3.05, 3.63) is 66.5 Å². The summed E-state index contributed by atoms with van der Waals surface area (Å²) in [5.74, 6) is 0.930. The molecule has 3 nitrogen and oxygen atoms in total. The Morgan fingerprint density at radius 2 is 2.11 bits per heavy atom. The average molecular weight is 241 g/mol. The fourth-order valence-corrected chi connectivity index (χ4v) is 1.83. The lowest BCUT2D eigenvalue weighted by Crippen LogP contribution is -2.16. The molecule has 18 heavy (non-hydrogen) atoms. The molecular weight excluding hydrogens is 226 g/mol. The normalized spacial score (nSPS) is 19.1. The van der Waals surface area contributed by atoms with Gasteiger partial charge in [-0.1, -0.05) is 18.7 Å². The lowest BCUT2D eigenvalue weighted by atomic mass is 9.93. The van der Waals surface area contributed by atoms with Crippen molar-refractivity contribution >= 4 is 0 Å². The molecule has 1 N–H and O–H groups in total. The highest BCUT2D eigenvalue weighted by molar-refractivity contribution is 5.55. The summed E-state index contributed by atoms with van der Waals surface area (Å²) in [7, 11) is 0. The highest BCUT2D eigenvalue weighted by atomic mass is 16.5. The van der Waals surface area contributed by atoms with Crippen LogP contribution < -0.4 is 4.74 Å². The summed E-state index contributed by atoms with van der Waals surface area (Å²) in [5.41, 5.74) is 1.55. The van der Waals surface area contributed by atoms with E-state index in [2.05, 4.69) is 19.7 Å². The standard InChI is InChI=1S/C13H11NO2.C2H4/c1-3-10-8(2)16-11-6-4-5-9(7-14)12(11)13(10)15;1-2/h3-6,13,15H,2H2,1H3;1-2H2/b10-3+;. The largest absolute Gasteiger partial charge is 0.457 e. The molecule has 0 aliphatic carbocycles. The van der Waals surface area contributed by atoms with Crippen molar-refractivity contribution in [1.29, 1.82) is 5.26 Å². The van der Waals surface area contributed by atoms with Gasteiger partial charge in [0.1, 0.15) is 17.6 Å². The summed E-state index contributed by atoms with van der Waals surface area (Å²) in [6.07, 6.45) is 0.904. The maximum Gasteiger partial charge on any atom is 0.134 e. The Hall–Kier alpha value is -2.31. The number of nitrogens with zero attached hydrogens (tertiary/aromatic N) is 1. The van der Waals surface area contributed by atoms with Crippen LogP contribution in [0.4, 0.5) is 0 Å². The lowest BCUT2D eigenvalue weighted by Gasteiger charge is -2.26. The molecule has 1 atom stereocenters. The first-order valence-electron chi connectivity index (χ1n) is 5.43. The van der Waals surface area contributed by atoms with Gasteiger partial charge in [-0.25, -0.2) is 0 Å². The highest BCUT2D eigenvalue weighted by Crippen LogP contribution is 2.40. The van der Waals surface area contributed by atoms with E-state index >= 15 is 0 Å². The van der Waals surface area contributed by atoms with E-state index in [0.717, 1.165) is 0 Å². The van der Waals surface area contributed by atoms with Gasteiger partial charge in [-0.3, -0.25) is 0 Å². The van der Waals surface area contributed by atoms with Crippen molar-refractivity contribution in [2.24, 2.45) is 0 Å². The molecular formula is C15H15NO2. The second-order valence-electron chi connectivity index (χ2n) is 3.50. The summed E-state index contributed by atoms with van der Waals surface area (Å²) >= 11 is 0. The smallest absolute Gasteiger partial charge is 0.134 e. The molecule has 0 aromatic heterocycles. The third-order valence-corrected chi connectivity index (χ3v) is 2.62. The number of nitriles is 1. The predicted octanol–water partition coefficient (Wildman–Crippen LogP) is 3.25. The van der Waals surface area contributed by atoms with Gasteiger partial charge in [0, 0.05) is 11.1 Å². The van der Waals surface area contributed by atoms with E-state index in [4.69, 9.17) is 10.00 Å². The van der Waals surface area contributed by atoms with Crippen LogP contribution in [0.1, 0.15) is 24.2 Å². The predicted molar refractivity (Wildman–Crippen MR) is 70.9 cm³/mol. The van der Waals surface area contributed by atoms with E-state index in [1.165, 1.54) is 0 Å². The lowest BCUT2D eigenvalue weighted by molar-refractivity contribution is 0.191. The van der Waals surface area contributed by atoms with Crippen LogP contribution in [0, 0.1) is 11.3 Å². The Balaban J connectivity index is 0.000000771. The molecule has 2 rings (SSSR count). The van der Waals surface area contributed by atoms with E-state index in [9.17, 15) is 5.11 Å². The van der Waals surface area contributed by atoms with Crippen molar-refractivity contribution < 1.29 is 9.84 Å². The van der Waals surface area contributed by atoms with E-state index in [1.807, 2.05) is 6.07 Å². The summed E-state index contributed by atoms with van der Waals surface area (Å²) < 4.78 is 5.47. The molecule has 1 aromatic carbocycles. The van der Waals surface area contributed by atoms with Gasteiger partial charge < -0.3 is 9.84 Å². The molecule has 3 heteroatoms. The minimum Gasteiger partial charge on any atom is -0.457 e. The molecule has 1 aromatic rings. The van der Waals surface area contributed by atoms with Crippen LogP contribution in [0.25, 0.3) is 0 Å². The van der Waals surface area contributed by atoms with E-state index in [1.54, 1.807) is 31.2 Å². The number of aliphatic hydroxyl groups is 1. The van der Waals surface area contributed by atoms with Gasteiger partial charge in [0.05, 0.1) is 11.6 Å². The van der Waals surface area contributed by atoms with Gasteiger partial charge in [0.15, 0.2) is 0 Å². The zero-order chi connectivity index (χ0) is 13.7. The molecule has 0 saturated carbocycles. The summed E-state index contributed by atoms with van der Waals surface area (Å²) in [6, 6.07) is 7.15. The monoisotopic (exact) mass is 241 g/mol. The van der Waals surface area contributed by atoms with Crippen molar-refractivity contribution in [1.82, 2.24) is 0 Å². The summed E-state index contributed by atoms with van der Waals surface area (Å²) in [4.78, 5) is 0. The van der Waals surface area contributed by atoms with Crippen molar-refractivity contribution in [3.63, 3.8) is 0 Å². The van der Waals surface area contributed by atoms with Gasteiger partial charge in [0.25, 0.3) is 0 Å². The Morgan fingerprint density at radius 1 is 1.44 bits per heavy atom. The fraction of sp³-hybridized carbons (Fsp3) is 0.133. The van der Waals surface area contributed by atoms with Crippen LogP contribution in [0.2, 0.25) is 0 Å². The number of rotatable bonds is 0. The number of hydrogen-bond donors (Lipinski definition) is 1. The zero-order valence-electron chi connectivity index (χ0n) is 10.3. The third-order valence-electron chi connectivity index (χ3n) is 2.62. The summed E-state index contributed by atoms with van der Waals surface area (Å²) in [5, 5.41) is 19.1. The topological polar surface area (TPSA) is 53.2 Å². The van der Waals surface area contributed by atoms with Crippen LogP contribution in [0.3, 0.4) is 0 Å². The minimum absolute atomic E-state index is 0.428.